The van der Waals surface area contributed by atoms with Gasteiger partial charge < -0.3 is 10.2 Å². The van der Waals surface area contributed by atoms with E-state index in [1.54, 1.807) is 0 Å². The molecule has 2 fully saturated rings. The van der Waals surface area contributed by atoms with Gasteiger partial charge in [0.2, 0.25) is 5.91 Å². The van der Waals surface area contributed by atoms with Crippen molar-refractivity contribution in [3.8, 4) is 0 Å². The molecule has 0 spiro atoms. The van der Waals surface area contributed by atoms with Crippen LogP contribution >= 0.6 is 0 Å². The first-order chi connectivity index (χ1) is 12.0. The fourth-order valence-corrected chi connectivity index (χ4v) is 3.89. The zero-order chi connectivity index (χ0) is 17.8. The predicted octanol–water partition coefficient (Wildman–Crippen LogP) is 3.40. The molecule has 1 aromatic carbocycles. The number of hydrogen-bond acceptors (Lipinski definition) is 4. The molecule has 1 amide bonds. The summed E-state index contributed by atoms with van der Waals surface area (Å²) >= 11 is 0. The third kappa shape index (κ3) is 4.46. The van der Waals surface area contributed by atoms with E-state index in [-0.39, 0.29) is 17.6 Å². The first-order valence-electron chi connectivity index (χ1n) is 9.01. The zero-order valence-corrected chi connectivity index (χ0v) is 14.2. The summed E-state index contributed by atoms with van der Waals surface area (Å²) in [6, 6.07) is 3.89. The number of non-ortho nitro benzene ring substituents is 1. The molecule has 0 atom stereocenters. The Morgan fingerprint density at radius 3 is 2.52 bits per heavy atom. The SMILES string of the molecule is O=C(CC1CCCC1)NC1CCN(c2ccc([N+](=O)[O-])cc2F)CC1. The van der Waals surface area contributed by atoms with Crippen LogP contribution in [0.2, 0.25) is 0 Å². The van der Waals surface area contributed by atoms with Crippen molar-refractivity contribution in [2.45, 2.75) is 51.0 Å². The van der Waals surface area contributed by atoms with Gasteiger partial charge in [-0.25, -0.2) is 4.39 Å². The average Bonchev–Trinajstić information content (AvgIpc) is 3.08. The van der Waals surface area contributed by atoms with Crippen LogP contribution in [0.15, 0.2) is 18.2 Å². The van der Waals surface area contributed by atoms with Crippen LogP contribution in [0.1, 0.15) is 44.9 Å². The van der Waals surface area contributed by atoms with E-state index < -0.39 is 10.7 Å². The topological polar surface area (TPSA) is 75.5 Å². The van der Waals surface area contributed by atoms with Gasteiger partial charge in [-0.05, 0) is 37.7 Å². The highest BCUT2D eigenvalue weighted by molar-refractivity contribution is 5.76. The quantitative estimate of drug-likeness (QED) is 0.653. The number of rotatable bonds is 5. The molecule has 2 aliphatic rings. The lowest BCUT2D eigenvalue weighted by molar-refractivity contribution is -0.385. The minimum atomic E-state index is -0.598. The Bertz CT molecular complexity index is 638. The molecule has 0 unspecified atom stereocenters. The summed E-state index contributed by atoms with van der Waals surface area (Å²) in [5, 5.41) is 13.8. The Morgan fingerprint density at radius 1 is 1.24 bits per heavy atom. The molecule has 25 heavy (non-hydrogen) atoms. The maximum absolute atomic E-state index is 14.1. The van der Waals surface area contributed by atoms with E-state index in [1.807, 2.05) is 4.90 Å². The molecule has 0 bridgehead atoms. The molecule has 1 aliphatic heterocycles. The number of piperidine rings is 1. The molecule has 1 saturated heterocycles. The van der Waals surface area contributed by atoms with Crippen LogP contribution < -0.4 is 10.2 Å². The molecule has 0 radical (unpaired) electrons. The average molecular weight is 349 g/mol. The number of carbonyl (C=O) groups is 1. The number of nitro groups is 1. The first-order valence-corrected chi connectivity index (χ1v) is 9.01. The number of amides is 1. The van der Waals surface area contributed by atoms with Crippen LogP contribution in [0.5, 0.6) is 0 Å². The highest BCUT2D eigenvalue weighted by atomic mass is 19.1. The van der Waals surface area contributed by atoms with Gasteiger partial charge in [0.15, 0.2) is 5.82 Å². The Morgan fingerprint density at radius 2 is 1.92 bits per heavy atom. The number of nitro benzene ring substituents is 1. The van der Waals surface area contributed by atoms with Crippen LogP contribution in [0.4, 0.5) is 15.8 Å². The van der Waals surface area contributed by atoms with Crippen molar-refractivity contribution in [1.29, 1.82) is 0 Å². The number of hydrogen-bond donors (Lipinski definition) is 1. The molecule has 1 heterocycles. The minimum absolute atomic E-state index is 0.131. The van der Waals surface area contributed by atoms with E-state index in [1.165, 1.54) is 25.0 Å². The van der Waals surface area contributed by atoms with Crippen molar-refractivity contribution in [3.63, 3.8) is 0 Å². The van der Waals surface area contributed by atoms with Gasteiger partial charge in [-0.2, -0.15) is 0 Å². The number of anilines is 1. The Balaban J connectivity index is 1.50. The number of carbonyl (C=O) groups excluding carboxylic acids is 1. The van der Waals surface area contributed by atoms with Gasteiger partial charge in [-0.15, -0.1) is 0 Å². The van der Waals surface area contributed by atoms with Gasteiger partial charge >= 0.3 is 0 Å². The van der Waals surface area contributed by atoms with E-state index in [0.29, 0.717) is 31.1 Å². The Kier molecular flexibility index (Phi) is 5.50. The number of nitrogens with zero attached hydrogens (tertiary/aromatic N) is 2. The summed E-state index contributed by atoms with van der Waals surface area (Å²) in [6.45, 7) is 1.26. The predicted molar refractivity (Wildman–Crippen MR) is 93.0 cm³/mol. The van der Waals surface area contributed by atoms with Gasteiger partial charge in [-0.1, -0.05) is 12.8 Å². The van der Waals surface area contributed by atoms with Gasteiger partial charge in [-0.3, -0.25) is 14.9 Å². The minimum Gasteiger partial charge on any atom is -0.369 e. The van der Waals surface area contributed by atoms with Crippen molar-refractivity contribution in [3.05, 3.63) is 34.1 Å². The fourth-order valence-electron chi connectivity index (χ4n) is 3.89. The van der Waals surface area contributed by atoms with E-state index in [9.17, 15) is 19.3 Å². The van der Waals surface area contributed by atoms with Crippen molar-refractivity contribution < 1.29 is 14.1 Å². The van der Waals surface area contributed by atoms with Crippen molar-refractivity contribution in [1.82, 2.24) is 5.32 Å². The molecular weight excluding hydrogens is 325 g/mol. The standard InChI is InChI=1S/C18H24FN3O3/c19-16-12-15(22(24)25)5-6-17(16)21-9-7-14(8-10-21)20-18(23)11-13-3-1-2-4-13/h5-6,12-14H,1-4,7-11H2,(H,20,23). The second-order valence-electron chi connectivity index (χ2n) is 7.08. The van der Waals surface area contributed by atoms with Crippen molar-refractivity contribution in [2.24, 2.45) is 5.92 Å². The van der Waals surface area contributed by atoms with Crippen LogP contribution in [-0.2, 0) is 4.79 Å². The summed E-state index contributed by atoms with van der Waals surface area (Å²) < 4.78 is 14.1. The highest BCUT2D eigenvalue weighted by Crippen LogP contribution is 2.28. The fraction of sp³-hybridized carbons (Fsp3) is 0.611. The van der Waals surface area contributed by atoms with Crippen LogP contribution in [-0.4, -0.2) is 30.0 Å². The van der Waals surface area contributed by atoms with Crippen LogP contribution in [0.3, 0.4) is 0 Å². The molecule has 0 aromatic heterocycles. The summed E-state index contributed by atoms with van der Waals surface area (Å²) in [5.74, 6) is 0.0964. The lowest BCUT2D eigenvalue weighted by Gasteiger charge is -2.34. The lowest BCUT2D eigenvalue weighted by Crippen LogP contribution is -2.45. The maximum atomic E-state index is 14.1. The summed E-state index contributed by atoms with van der Waals surface area (Å²) in [6.07, 6.45) is 6.92. The van der Waals surface area contributed by atoms with Crippen LogP contribution in [0.25, 0.3) is 0 Å². The first kappa shape index (κ1) is 17.6. The van der Waals surface area contributed by atoms with E-state index in [0.717, 1.165) is 31.7 Å². The summed E-state index contributed by atoms with van der Waals surface area (Å²) in [4.78, 5) is 24.1. The number of halogens is 1. The van der Waals surface area contributed by atoms with E-state index >= 15 is 0 Å². The molecule has 1 aliphatic carbocycles. The summed E-state index contributed by atoms with van der Waals surface area (Å²) in [5.41, 5.74) is 0.150. The van der Waals surface area contributed by atoms with Gasteiger partial charge in [0, 0.05) is 31.6 Å². The maximum Gasteiger partial charge on any atom is 0.272 e. The molecule has 1 saturated carbocycles. The normalized spacial score (nSPS) is 19.2. The number of nitrogens with one attached hydrogen (secondary N) is 1. The molecule has 1 aromatic rings. The molecule has 1 N–H and O–H groups in total. The third-order valence-electron chi connectivity index (χ3n) is 5.29. The third-order valence-corrected chi connectivity index (χ3v) is 5.29. The Hall–Kier alpha value is -2.18. The molecule has 6 nitrogen and oxygen atoms in total. The largest absolute Gasteiger partial charge is 0.369 e. The summed E-state index contributed by atoms with van der Waals surface area (Å²) in [7, 11) is 0. The van der Waals surface area contributed by atoms with Gasteiger partial charge in [0.05, 0.1) is 16.7 Å². The van der Waals surface area contributed by atoms with E-state index in [2.05, 4.69) is 5.32 Å². The van der Waals surface area contributed by atoms with Crippen molar-refractivity contribution in [2.75, 3.05) is 18.0 Å². The van der Waals surface area contributed by atoms with Gasteiger partial charge in [0.25, 0.3) is 5.69 Å². The molecule has 3 rings (SSSR count). The zero-order valence-electron chi connectivity index (χ0n) is 14.2. The smallest absolute Gasteiger partial charge is 0.272 e. The second kappa shape index (κ2) is 7.80. The van der Waals surface area contributed by atoms with Crippen LogP contribution in [0, 0.1) is 21.8 Å². The Labute approximate surface area is 146 Å². The lowest BCUT2D eigenvalue weighted by atomic mass is 10.0. The monoisotopic (exact) mass is 349 g/mol. The molecular formula is C18H24FN3O3. The van der Waals surface area contributed by atoms with Crippen molar-refractivity contribution >= 4 is 17.3 Å². The molecule has 136 valence electrons. The second-order valence-corrected chi connectivity index (χ2v) is 7.08. The highest BCUT2D eigenvalue weighted by Gasteiger charge is 2.25. The van der Waals surface area contributed by atoms with Gasteiger partial charge in [0.1, 0.15) is 0 Å². The van der Waals surface area contributed by atoms with E-state index in [4.69, 9.17) is 0 Å². The molecule has 7 heteroatoms. The number of benzene rings is 1.